The van der Waals surface area contributed by atoms with E-state index in [0.717, 1.165) is 81.1 Å². The van der Waals surface area contributed by atoms with Gasteiger partial charge in [-0.25, -0.2) is 0 Å². The first-order chi connectivity index (χ1) is 17.5. The molecule has 2 N–H and O–H groups in total. The van der Waals surface area contributed by atoms with Gasteiger partial charge < -0.3 is 9.97 Å². The molecule has 6 heteroatoms. The first kappa shape index (κ1) is 22.3. The van der Waals surface area contributed by atoms with Gasteiger partial charge >= 0.3 is 0 Å². The monoisotopic (exact) mass is 488 g/mol. The molecule has 0 fully saturated rings. The topological polar surface area (TPSA) is 74.4 Å². The maximum atomic E-state index is 12.7. The maximum absolute atomic E-state index is 12.7. The predicted octanol–water partition coefficient (Wildman–Crippen LogP) is 7.78. The van der Waals surface area contributed by atoms with Gasteiger partial charge in [0.1, 0.15) is 0 Å². The van der Waals surface area contributed by atoms with Crippen LogP contribution in [0.2, 0.25) is 0 Å². The van der Waals surface area contributed by atoms with Crippen molar-refractivity contribution >= 4 is 77.6 Å². The molecule has 0 unspecified atom stereocenters. The van der Waals surface area contributed by atoms with E-state index in [-0.39, 0.29) is 5.43 Å². The minimum atomic E-state index is 0.0208. The summed E-state index contributed by atoms with van der Waals surface area (Å²) in [6, 6.07) is 15.9. The number of H-pyrrole nitrogens is 2. The molecule has 0 saturated carbocycles. The zero-order chi connectivity index (χ0) is 25.1. The van der Waals surface area contributed by atoms with Crippen molar-refractivity contribution < 1.29 is 0 Å². The number of pyridine rings is 2. The summed E-state index contributed by atoms with van der Waals surface area (Å²) in [6.45, 7) is 7.89. The Hall–Kier alpha value is -4.16. The summed E-state index contributed by atoms with van der Waals surface area (Å²) in [5.41, 5.74) is 7.13. The molecule has 176 valence electrons. The van der Waals surface area contributed by atoms with Crippen LogP contribution in [0, 0.1) is 18.4 Å². The number of nitrogens with one attached hydrogen (secondary N) is 2. The molecule has 5 nitrogen and oxygen atoms in total. The van der Waals surface area contributed by atoms with E-state index in [1.54, 1.807) is 18.5 Å². The van der Waals surface area contributed by atoms with Crippen molar-refractivity contribution in [3.8, 4) is 0 Å². The van der Waals surface area contributed by atoms with Crippen molar-refractivity contribution in [2.24, 2.45) is 0 Å². The van der Waals surface area contributed by atoms with Gasteiger partial charge in [-0.05, 0) is 84.3 Å². The van der Waals surface area contributed by atoms with E-state index in [9.17, 15) is 4.79 Å². The average Bonchev–Trinajstić information content (AvgIpc) is 2.91. The summed E-state index contributed by atoms with van der Waals surface area (Å²) in [7, 11) is 0. The molecule has 0 aliphatic heterocycles. The largest absolute Gasteiger partial charge is 0.351 e. The van der Waals surface area contributed by atoms with Crippen LogP contribution in [0.3, 0.4) is 0 Å². The minimum Gasteiger partial charge on any atom is -0.351 e. The molecular weight excluding hydrogens is 464 g/mol. The molecule has 0 bridgehead atoms. The van der Waals surface area contributed by atoms with Crippen LogP contribution in [0.15, 0.2) is 65.7 Å². The van der Waals surface area contributed by atoms with Gasteiger partial charge in [0.25, 0.3) is 0 Å². The quantitative estimate of drug-likeness (QED) is 0.130. The number of rotatable bonds is 0. The van der Waals surface area contributed by atoms with Gasteiger partial charge in [0.2, 0.25) is 0 Å². The molecule has 36 heavy (non-hydrogen) atoms. The standard InChI is InChI=1S/C28H18N4OS.C2H6/c1-13-9-17-18-10-14(2)22(34)12-20(18)28-27(19(17)11-21(13)33)31-25-15-5-3-7-29-23(15)24-16(26(25)32-28)6-4-8-30-24;1-2/h3-12,31-32H,1-2H3;1-2H3. The number of nitrogens with zero attached hydrogens (tertiary/aromatic N) is 2. The highest BCUT2D eigenvalue weighted by molar-refractivity contribution is 7.71. The van der Waals surface area contributed by atoms with Gasteiger partial charge in [-0.2, -0.15) is 0 Å². The zero-order valence-electron chi connectivity index (χ0n) is 20.5. The highest BCUT2D eigenvalue weighted by atomic mass is 32.1. The fourth-order valence-corrected chi connectivity index (χ4v) is 5.31. The Balaban J connectivity index is 0.00000117. The Morgan fingerprint density at radius 1 is 0.639 bits per heavy atom. The lowest BCUT2D eigenvalue weighted by Gasteiger charge is -2.15. The van der Waals surface area contributed by atoms with Crippen LogP contribution in [-0.4, -0.2) is 19.9 Å². The minimum absolute atomic E-state index is 0.0208. The second-order valence-corrected chi connectivity index (χ2v) is 9.32. The Labute approximate surface area is 211 Å². The first-order valence-corrected chi connectivity index (χ1v) is 12.5. The summed E-state index contributed by atoms with van der Waals surface area (Å²) >= 11 is 5.66. The Kier molecular flexibility index (Phi) is 5.09. The second kappa shape index (κ2) is 8.21. The SMILES string of the molecule is CC.Cc1cc2c3cc(C)c(=S)cc3c3[nH]c4c5cccnc5c5ncccc5c4[nH]c3c2cc1=O. The number of benzene rings is 4. The summed E-state index contributed by atoms with van der Waals surface area (Å²) in [5, 5.41) is 5.97. The average molecular weight is 489 g/mol. The summed E-state index contributed by atoms with van der Waals surface area (Å²) in [5.74, 6) is 0. The molecule has 0 aliphatic rings. The normalized spacial score (nSPS) is 11.6. The number of aromatic amines is 2. The second-order valence-electron chi connectivity index (χ2n) is 8.88. The fourth-order valence-electron chi connectivity index (χ4n) is 5.13. The third kappa shape index (κ3) is 3.08. The molecule has 7 aromatic rings. The number of aromatic nitrogens is 4. The molecule has 0 spiro atoms. The zero-order valence-corrected chi connectivity index (χ0v) is 21.3. The molecule has 0 radical (unpaired) electrons. The number of fused-ring (bicyclic) bond motifs is 12. The van der Waals surface area contributed by atoms with Gasteiger partial charge in [-0.15, -0.1) is 0 Å². The van der Waals surface area contributed by atoms with E-state index in [2.05, 4.69) is 38.1 Å². The lowest BCUT2D eigenvalue weighted by Crippen LogP contribution is -2.03. The van der Waals surface area contributed by atoms with Crippen LogP contribution in [0.1, 0.15) is 25.0 Å². The van der Waals surface area contributed by atoms with Crippen LogP contribution in [0.4, 0.5) is 0 Å². The van der Waals surface area contributed by atoms with E-state index < -0.39 is 0 Å². The highest BCUT2D eigenvalue weighted by Gasteiger charge is 2.16. The third-order valence-electron chi connectivity index (χ3n) is 6.84. The van der Waals surface area contributed by atoms with Crippen molar-refractivity contribution in [3.05, 3.63) is 86.8 Å². The lowest BCUT2D eigenvalue weighted by molar-refractivity contribution is 1.36. The number of aryl methyl sites for hydroxylation is 2. The molecule has 0 saturated heterocycles. The van der Waals surface area contributed by atoms with Crippen molar-refractivity contribution in [3.63, 3.8) is 0 Å². The van der Waals surface area contributed by atoms with Gasteiger partial charge in [0.15, 0.2) is 5.43 Å². The smallest absolute Gasteiger partial charge is 0.182 e. The van der Waals surface area contributed by atoms with Gasteiger partial charge in [-0.3, -0.25) is 14.8 Å². The van der Waals surface area contributed by atoms with Crippen LogP contribution in [0.5, 0.6) is 0 Å². The molecule has 0 aliphatic carbocycles. The van der Waals surface area contributed by atoms with E-state index >= 15 is 0 Å². The Morgan fingerprint density at radius 2 is 1.11 bits per heavy atom. The molecule has 3 heterocycles. The van der Waals surface area contributed by atoms with Gasteiger partial charge in [0, 0.05) is 38.4 Å². The fraction of sp³-hybridized carbons (Fsp3) is 0.133. The van der Waals surface area contributed by atoms with Crippen LogP contribution in [-0.2, 0) is 0 Å². The summed E-state index contributed by atoms with van der Waals surface area (Å²) in [4.78, 5) is 29.4. The molecule has 7 rings (SSSR count). The van der Waals surface area contributed by atoms with E-state index in [1.807, 2.05) is 52.0 Å². The van der Waals surface area contributed by atoms with Crippen molar-refractivity contribution in [2.45, 2.75) is 27.7 Å². The van der Waals surface area contributed by atoms with Crippen molar-refractivity contribution in [2.75, 3.05) is 0 Å². The third-order valence-corrected chi connectivity index (χ3v) is 7.28. The van der Waals surface area contributed by atoms with Crippen molar-refractivity contribution in [1.29, 1.82) is 0 Å². The summed E-state index contributed by atoms with van der Waals surface area (Å²) in [6.07, 6.45) is 3.58. The van der Waals surface area contributed by atoms with Crippen molar-refractivity contribution in [1.82, 2.24) is 19.9 Å². The van der Waals surface area contributed by atoms with E-state index in [1.165, 1.54) is 0 Å². The molecule has 0 atom stereocenters. The van der Waals surface area contributed by atoms with Crippen LogP contribution >= 0.6 is 12.2 Å². The number of hydrogen-bond donors (Lipinski definition) is 2. The molecule has 0 amide bonds. The van der Waals surface area contributed by atoms with Crippen LogP contribution in [0.25, 0.3) is 65.4 Å². The highest BCUT2D eigenvalue weighted by Crippen LogP contribution is 2.37. The molecule has 3 aromatic heterocycles. The first-order valence-electron chi connectivity index (χ1n) is 12.1. The number of hydrogen-bond acceptors (Lipinski definition) is 4. The predicted molar refractivity (Wildman–Crippen MR) is 154 cm³/mol. The Bertz CT molecular complexity index is 1990. The van der Waals surface area contributed by atoms with Crippen LogP contribution < -0.4 is 5.43 Å². The molecule has 4 aromatic carbocycles. The van der Waals surface area contributed by atoms with Gasteiger partial charge in [-0.1, -0.05) is 26.1 Å². The molecular formula is C30H24N4OS. The maximum Gasteiger partial charge on any atom is 0.182 e. The lowest BCUT2D eigenvalue weighted by atomic mass is 9.96. The van der Waals surface area contributed by atoms with Gasteiger partial charge in [0.05, 0.1) is 33.1 Å². The summed E-state index contributed by atoms with van der Waals surface area (Å²) < 4.78 is 0.813. The van der Waals surface area contributed by atoms with E-state index in [0.29, 0.717) is 0 Å². The van der Waals surface area contributed by atoms with E-state index in [4.69, 9.17) is 12.2 Å². The Morgan fingerprint density at radius 3 is 1.67 bits per heavy atom.